The molecule has 0 unspecified atom stereocenters. The molecule has 49 nitrogen and oxygen atoms in total. The molecule has 0 spiro atoms. The van der Waals surface area contributed by atoms with Crippen molar-refractivity contribution in [1.82, 2.24) is 94.1 Å². The fraction of sp³-hybridized carbons (Fsp3) is 0.489. The number of para-hydroxylation sites is 1. The summed E-state index contributed by atoms with van der Waals surface area (Å²) in [5.41, 5.74) is 19.8. The Morgan fingerprint density at radius 3 is 1.11 bits per heavy atom. The van der Waals surface area contributed by atoms with E-state index in [0.717, 1.165) is 23.6 Å². The number of amides is 15. The Morgan fingerprint density at radius 1 is 0.366 bits per heavy atom. The maximum atomic E-state index is 15.5. The van der Waals surface area contributed by atoms with Crippen LogP contribution < -0.4 is 91.6 Å². The molecular weight excluding hydrogens is 2000 g/mol. The average molecular weight is 2130 g/mol. The Kier molecular flexibility index (Phi) is 54.5. The topological polar surface area (TPSA) is 775 Å². The van der Waals surface area contributed by atoms with Gasteiger partial charge in [0, 0.05) is 106 Å². The number of rotatable bonds is 67. The monoisotopic (exact) mass is 2120 g/mol. The summed E-state index contributed by atoms with van der Waals surface area (Å²) in [5.74, 6) is -24.1. The number of primary amides is 1. The van der Waals surface area contributed by atoms with Crippen LogP contribution in [0.1, 0.15) is 88.0 Å². The summed E-state index contributed by atoms with van der Waals surface area (Å²) in [6.07, 6.45) is -3.77. The summed E-state index contributed by atoms with van der Waals surface area (Å²) in [6, 6.07) is 9.11. The van der Waals surface area contributed by atoms with Crippen LogP contribution in [0, 0.1) is 0 Å². The van der Waals surface area contributed by atoms with Gasteiger partial charge in [0.05, 0.1) is 64.5 Å². The van der Waals surface area contributed by atoms with Gasteiger partial charge in [0.25, 0.3) is 0 Å². The van der Waals surface area contributed by atoms with Crippen LogP contribution in [0.4, 0.5) is 0 Å². The minimum absolute atomic E-state index is 0. The van der Waals surface area contributed by atoms with Crippen LogP contribution in [0.2, 0.25) is 0 Å². The number of hydrogen-bond donors (Lipinski definition) is 28. The Labute approximate surface area is 846 Å². The van der Waals surface area contributed by atoms with E-state index < -0.39 is 267 Å². The minimum Gasteiger partial charge on any atom is -0.480 e. The van der Waals surface area contributed by atoms with Gasteiger partial charge in [0.15, 0.2) is 0 Å². The van der Waals surface area contributed by atoms with E-state index in [9.17, 15) is 122 Å². The van der Waals surface area contributed by atoms with E-state index in [0.29, 0.717) is 33.2 Å². The van der Waals surface area contributed by atoms with E-state index in [1.807, 2.05) is 0 Å². The molecule has 775 valence electrons. The predicted octanol–water partition coefficient (Wildman–Crippen LogP) is -8.43. The second-order valence-corrected chi connectivity index (χ2v) is 33.9. The van der Waals surface area contributed by atoms with Gasteiger partial charge in [-0.3, -0.25) is 106 Å². The van der Waals surface area contributed by atoms with Crippen molar-refractivity contribution in [1.29, 1.82) is 0 Å². The molecule has 15 atom stereocenters. The van der Waals surface area contributed by atoms with Gasteiger partial charge in [0.1, 0.15) is 78.5 Å². The van der Waals surface area contributed by atoms with Gasteiger partial charge >= 0.3 is 29.8 Å². The zero-order valence-corrected chi connectivity index (χ0v) is 83.5. The van der Waals surface area contributed by atoms with Crippen molar-refractivity contribution >= 4 is 180 Å². The molecule has 3 radical (unpaired) electrons. The summed E-state index contributed by atoms with van der Waals surface area (Å²) >= 11 is 8.12. The minimum atomic E-state index is -1.95. The molecule has 29 N–H and O–H groups in total. The first-order valence-corrected chi connectivity index (χ1v) is 46.2. The number of benzene rings is 4. The quantitative estimate of drug-likeness (QED) is 0.0127. The SMILES string of the molecule is C[C@H](NC(=O)CN(CCN(CCN(CC(=O)O)CC(=O)O)CC(=O)O)CC(=O)O)C(=O)NCC(=O)N[C@@H](CS)C(=O)N[C@@H](CCCCN)C(=O)N[C@@H](CC(N)=O)C(=O)N[C@@H](Cc1ccccc1)C(=O)N[C@@H](Cc1ccccc1)C(=O)N[C@@H](Cc1c[nH]c2ccccc12)C(=O)N[C@@H](CCCCN)C(=O)N[C@H](C(=O)N[C@@H](Cc1ccccc1)C(=O)N[C@H](C(=O)N[C@@H](CO)C(=O)N[C@@H](CS)C(=O)O)[C@@H](C)O)[C@@H](C)O.[111In]. The summed E-state index contributed by atoms with van der Waals surface area (Å²) in [6.45, 7) is -2.62. The Bertz CT molecular complexity index is 5040. The predicted molar refractivity (Wildman–Crippen MR) is 517 cm³/mol. The molecule has 1 aromatic heterocycles. The van der Waals surface area contributed by atoms with Crippen molar-refractivity contribution in [2.75, 3.05) is 96.6 Å². The molecular formula is C90H127InN21O28S2. The Morgan fingerprint density at radius 2 is 0.704 bits per heavy atom. The number of carboxylic acid groups (broad SMARTS) is 5. The van der Waals surface area contributed by atoms with Crippen molar-refractivity contribution in [3.8, 4) is 0 Å². The molecule has 15 amide bonds. The molecule has 142 heavy (non-hydrogen) atoms. The number of aromatic nitrogens is 1. The van der Waals surface area contributed by atoms with Crippen LogP contribution in [0.25, 0.3) is 10.9 Å². The third kappa shape index (κ3) is 44.1. The van der Waals surface area contributed by atoms with Crippen LogP contribution in [-0.4, -0.2) is 392 Å². The maximum absolute atomic E-state index is 15.5. The van der Waals surface area contributed by atoms with Gasteiger partial charge < -0.3 is 137 Å². The number of aliphatic carboxylic acids is 5. The number of unbranched alkanes of at least 4 members (excludes halogenated alkanes) is 2. The number of nitrogens with one attached hydrogen (secondary N) is 15. The molecule has 5 rings (SSSR count). The van der Waals surface area contributed by atoms with E-state index in [-0.39, 0.29) is 135 Å². The Balaban J connectivity index is 0.0000420. The fourth-order valence-corrected chi connectivity index (χ4v) is 14.8. The maximum Gasteiger partial charge on any atom is 0.327 e. The van der Waals surface area contributed by atoms with Crippen LogP contribution in [0.15, 0.2) is 121 Å². The number of carbonyl (C=O) groups is 20. The average Bonchev–Trinajstić information content (AvgIpc) is 1.65. The van der Waals surface area contributed by atoms with Crippen molar-refractivity contribution in [2.45, 2.75) is 182 Å². The zero-order valence-electron chi connectivity index (χ0n) is 78.4. The first kappa shape index (κ1) is 121. The van der Waals surface area contributed by atoms with Crippen LogP contribution in [0.3, 0.4) is 0 Å². The van der Waals surface area contributed by atoms with Gasteiger partial charge in [0.2, 0.25) is 88.6 Å². The largest absolute Gasteiger partial charge is 0.480 e. The third-order valence-corrected chi connectivity index (χ3v) is 22.4. The second-order valence-electron chi connectivity index (χ2n) is 33.2. The first-order chi connectivity index (χ1) is 67.0. The van der Waals surface area contributed by atoms with Crippen LogP contribution >= 0.6 is 25.3 Å². The number of nitrogens with two attached hydrogens (primary N) is 3. The summed E-state index contributed by atoms with van der Waals surface area (Å²) in [7, 11) is 0. The second kappa shape index (κ2) is 63.8. The van der Waals surface area contributed by atoms with Gasteiger partial charge in [-0.25, -0.2) is 4.79 Å². The summed E-state index contributed by atoms with van der Waals surface area (Å²) < 4.78 is 0. The number of carboxylic acids is 5. The number of aliphatic hydroxyl groups excluding tert-OH is 3. The molecule has 0 aliphatic carbocycles. The molecule has 4 aromatic carbocycles. The molecule has 0 bridgehead atoms. The van der Waals surface area contributed by atoms with E-state index in [4.69, 9.17) is 17.2 Å². The molecule has 52 heteroatoms. The number of thiol groups is 2. The normalized spacial score (nSPS) is 14.3. The van der Waals surface area contributed by atoms with E-state index in [1.165, 1.54) is 11.8 Å². The number of hydrogen-bond acceptors (Lipinski definition) is 30. The van der Waals surface area contributed by atoms with Gasteiger partial charge in [-0.05, 0) is 101 Å². The Hall–Kier alpha value is -12.9. The molecule has 0 fully saturated rings. The van der Waals surface area contributed by atoms with Gasteiger partial charge in [-0.15, -0.1) is 0 Å². The standard InChI is InChI=1S/C90H127N21O28S2.In/c1-50(96-71(117)42-110(44-73(120)121)33-31-109(43-72(118)119)32-34-111(45-74(122)123)46-75(124)125)78(126)95-41-70(116)97-67(48-140)87(135)99-59(27-15-17-29-91)79(127)103-65(39-69(93)115)84(132)101-61(35-53-19-7-4-8-20-53)81(129)100-62(36-54-21-9-5-10-22-54)82(130)102-64(38-56-40-94-58-26-14-13-25-57(56)58)83(131)98-60(28-16-18-30-92)80(128)107-76(51(2)113)88(136)104-63(37-55-23-11-6-12-24-55)85(133)108-77(52(3)114)89(137)105-66(47-112)86(134)106-68(49-141)90(138)139;/h4-14,19-26,40,50-52,59-68,76-77,94,112-114,140-141H,15-18,27-39,41-49,91-92H2,1-3H3,(H2,93,115)(H,95,126)(H,96,117)(H,97,116)(H,98,131)(H,99,135)(H,100,129)(H,101,132)(H,102,130)(H,103,127)(H,104,136)(H,105,137)(H,106,134)(H,107,128)(H,108,133)(H,118,119)(H,120,121)(H,122,123)(H,124,125)(H,138,139);/t50-,51+,52+,59-,60-,61-,62-,63-,64-,65-,66-,67-,68-,76-,77-;/m0./s1/i;1-4. The molecule has 0 aliphatic heterocycles. The molecule has 5 aromatic rings. The number of nitrogens with zero attached hydrogens (tertiary/aromatic N) is 3. The van der Waals surface area contributed by atoms with Gasteiger partial charge in [-0.1, -0.05) is 109 Å². The van der Waals surface area contributed by atoms with Crippen molar-refractivity contribution in [3.05, 3.63) is 144 Å². The fourth-order valence-electron chi connectivity index (χ4n) is 14.3. The zero-order chi connectivity index (χ0) is 105. The first-order valence-electron chi connectivity index (χ1n) is 45.0. The van der Waals surface area contributed by atoms with Crippen molar-refractivity contribution in [3.63, 3.8) is 0 Å². The van der Waals surface area contributed by atoms with E-state index in [1.54, 1.807) is 121 Å². The number of H-pyrrole nitrogens is 1. The molecule has 0 saturated carbocycles. The van der Waals surface area contributed by atoms with Gasteiger partial charge in [-0.2, -0.15) is 25.3 Å². The number of carbonyl (C=O) groups excluding carboxylic acids is 15. The summed E-state index contributed by atoms with van der Waals surface area (Å²) in [5, 5.41) is 114. The smallest absolute Gasteiger partial charge is 0.327 e. The molecule has 1 heterocycles. The molecule has 0 aliphatic rings. The summed E-state index contributed by atoms with van der Waals surface area (Å²) in [4.78, 5) is 278. The third-order valence-electron chi connectivity index (χ3n) is 21.7. The molecule has 0 saturated heterocycles. The van der Waals surface area contributed by atoms with E-state index >= 15 is 14.4 Å². The number of aliphatic hydroxyl groups is 3. The van der Waals surface area contributed by atoms with Crippen LogP contribution in [-0.2, 0) is 122 Å². The van der Waals surface area contributed by atoms with Crippen molar-refractivity contribution in [2.24, 2.45) is 17.2 Å². The number of fused-ring (bicyclic) bond motifs is 1. The van der Waals surface area contributed by atoms with E-state index in [2.05, 4.69) is 105 Å². The van der Waals surface area contributed by atoms with Crippen molar-refractivity contribution < 1.29 is 137 Å². The number of aromatic amines is 1. The van der Waals surface area contributed by atoms with Crippen LogP contribution in [0.5, 0.6) is 0 Å².